The van der Waals surface area contributed by atoms with Gasteiger partial charge in [0.15, 0.2) is 0 Å². The average Bonchev–Trinajstić information content (AvgIpc) is 3.57. The maximum atomic E-state index is 13.8. The highest BCUT2D eigenvalue weighted by atomic mass is 32.2. The van der Waals surface area contributed by atoms with Crippen LogP contribution in [-0.2, 0) is 32.6 Å². The summed E-state index contributed by atoms with van der Waals surface area (Å²) in [6.07, 6.45) is 1.62. The number of fused-ring (bicyclic) bond motifs is 2. The number of esters is 1. The molecule has 0 amide bonds. The van der Waals surface area contributed by atoms with Crippen molar-refractivity contribution in [2.24, 2.45) is 0 Å². The zero-order valence-electron chi connectivity index (χ0n) is 23.0. The number of carbonyl (C=O) groups is 1. The lowest BCUT2D eigenvalue weighted by Gasteiger charge is -2.29. The van der Waals surface area contributed by atoms with Crippen molar-refractivity contribution in [2.75, 3.05) is 13.7 Å². The van der Waals surface area contributed by atoms with Crippen molar-refractivity contribution in [3.05, 3.63) is 94.2 Å². The largest absolute Gasteiger partial charge is 0.496 e. The van der Waals surface area contributed by atoms with Gasteiger partial charge in [0.2, 0.25) is 0 Å². The second-order valence-corrected chi connectivity index (χ2v) is 11.8. The van der Waals surface area contributed by atoms with Gasteiger partial charge in [-0.15, -0.1) is 0 Å². The first-order valence-corrected chi connectivity index (χ1v) is 14.5. The van der Waals surface area contributed by atoms with E-state index >= 15 is 0 Å². The van der Waals surface area contributed by atoms with Crippen molar-refractivity contribution in [3.63, 3.8) is 0 Å². The number of rotatable bonds is 8. The number of nitriles is 1. The zero-order valence-corrected chi connectivity index (χ0v) is 23.8. The summed E-state index contributed by atoms with van der Waals surface area (Å²) in [5.74, 6) is 0.210. The Morgan fingerprint density at radius 2 is 1.77 bits per heavy atom. The molecule has 1 aromatic heterocycles. The average molecular weight is 558 g/mol. The van der Waals surface area contributed by atoms with Crippen LogP contribution in [0.25, 0.3) is 10.9 Å². The molecule has 1 aliphatic heterocycles. The maximum Gasteiger partial charge on any atom is 0.307 e. The molecule has 1 atom stereocenters. The molecule has 0 N–H and O–H groups in total. The van der Waals surface area contributed by atoms with Gasteiger partial charge in [-0.25, -0.2) is 12.4 Å². The second-order valence-electron chi connectivity index (χ2n) is 10.0. The molecule has 1 aliphatic rings. The van der Waals surface area contributed by atoms with E-state index in [4.69, 9.17) is 9.47 Å². The van der Waals surface area contributed by atoms with Crippen LogP contribution in [0.5, 0.6) is 5.75 Å². The Hall–Kier alpha value is -4.13. The lowest BCUT2D eigenvalue weighted by molar-refractivity contribution is -0.144. The Morgan fingerprint density at radius 1 is 1.05 bits per heavy atom. The molecule has 0 fully saturated rings. The van der Waals surface area contributed by atoms with Gasteiger partial charge in [-0.2, -0.15) is 5.26 Å². The predicted molar refractivity (Wildman–Crippen MR) is 151 cm³/mol. The Balaban J connectivity index is 1.68. The molecule has 0 aliphatic carbocycles. The minimum Gasteiger partial charge on any atom is -0.496 e. The molecular formula is C31H31N3O5S. The summed E-state index contributed by atoms with van der Waals surface area (Å²) in [6, 6.07) is 17.7. The number of ether oxygens (including phenoxy) is 2. The minimum atomic E-state index is -3.89. The second kappa shape index (κ2) is 10.8. The third-order valence-electron chi connectivity index (χ3n) is 7.45. The molecule has 9 heteroatoms. The summed E-state index contributed by atoms with van der Waals surface area (Å²) < 4.78 is 40.0. The Kier molecular flexibility index (Phi) is 7.41. The van der Waals surface area contributed by atoms with Crippen LogP contribution in [0.15, 0.2) is 65.7 Å². The van der Waals surface area contributed by atoms with E-state index in [0.29, 0.717) is 35.3 Å². The Bertz CT molecular complexity index is 1750. The number of methoxy groups -OCH3 is 1. The van der Waals surface area contributed by atoms with Crippen LogP contribution in [0.1, 0.15) is 52.8 Å². The highest BCUT2D eigenvalue weighted by Crippen LogP contribution is 2.43. The first-order chi connectivity index (χ1) is 19.2. The molecule has 0 saturated carbocycles. The summed E-state index contributed by atoms with van der Waals surface area (Å²) in [4.78, 5) is 15.2. The number of aromatic nitrogens is 1. The summed E-state index contributed by atoms with van der Waals surface area (Å²) in [5.41, 5.74) is 5.64. The Morgan fingerprint density at radius 3 is 2.45 bits per heavy atom. The number of aryl methyl sites for hydroxylation is 2. The topological polar surface area (TPSA) is 102 Å². The highest BCUT2D eigenvalue weighted by Gasteiger charge is 2.34. The molecule has 40 heavy (non-hydrogen) atoms. The smallest absolute Gasteiger partial charge is 0.307 e. The van der Waals surface area contributed by atoms with Crippen LogP contribution < -0.4 is 4.74 Å². The van der Waals surface area contributed by atoms with Crippen molar-refractivity contribution < 1.29 is 22.7 Å². The number of benzene rings is 3. The van der Waals surface area contributed by atoms with E-state index in [2.05, 4.69) is 11.0 Å². The van der Waals surface area contributed by atoms with Crippen LogP contribution in [0.4, 0.5) is 0 Å². The van der Waals surface area contributed by atoms with Crippen LogP contribution in [0.2, 0.25) is 0 Å². The van der Waals surface area contributed by atoms with Gasteiger partial charge in [0.25, 0.3) is 10.0 Å². The van der Waals surface area contributed by atoms with E-state index in [1.807, 2.05) is 32.0 Å². The zero-order chi connectivity index (χ0) is 28.6. The van der Waals surface area contributed by atoms with E-state index in [9.17, 15) is 18.5 Å². The van der Waals surface area contributed by atoms with Crippen molar-refractivity contribution in [1.29, 1.82) is 5.26 Å². The Labute approximate surface area is 234 Å². The summed E-state index contributed by atoms with van der Waals surface area (Å²) in [6.45, 7) is 6.87. The summed E-state index contributed by atoms with van der Waals surface area (Å²) in [5, 5.41) is 10.1. The molecule has 0 radical (unpaired) electrons. The fourth-order valence-electron chi connectivity index (χ4n) is 5.53. The van der Waals surface area contributed by atoms with E-state index in [1.165, 1.54) is 3.97 Å². The van der Waals surface area contributed by atoms with Crippen molar-refractivity contribution in [1.82, 2.24) is 8.87 Å². The first kappa shape index (κ1) is 27.4. The molecule has 2 heterocycles. The third kappa shape index (κ3) is 4.85. The molecule has 5 rings (SSSR count). The monoisotopic (exact) mass is 557 g/mol. The molecule has 1 unspecified atom stereocenters. The summed E-state index contributed by atoms with van der Waals surface area (Å²) in [7, 11) is -2.31. The van der Waals surface area contributed by atoms with Crippen LogP contribution >= 0.6 is 0 Å². The number of nitrogens with zero attached hydrogens (tertiary/aromatic N) is 3. The van der Waals surface area contributed by atoms with E-state index in [1.54, 1.807) is 56.6 Å². The molecule has 0 saturated heterocycles. The lowest BCUT2D eigenvalue weighted by Crippen LogP contribution is -2.27. The van der Waals surface area contributed by atoms with Gasteiger partial charge in [-0.1, -0.05) is 23.8 Å². The van der Waals surface area contributed by atoms with Gasteiger partial charge in [-0.3, -0.25) is 9.69 Å². The van der Waals surface area contributed by atoms with E-state index < -0.39 is 16.1 Å². The van der Waals surface area contributed by atoms with Crippen LogP contribution in [0.3, 0.4) is 0 Å². The van der Waals surface area contributed by atoms with Gasteiger partial charge >= 0.3 is 5.97 Å². The SMILES string of the molecule is CCOC(=O)CC(c1c(OC)cc(C)c2c1ccn2S(=O)(=O)c1ccc(C)cc1)N1Cc2ccc(C#N)cc2C1. The third-order valence-corrected chi connectivity index (χ3v) is 9.14. The first-order valence-electron chi connectivity index (χ1n) is 13.1. The maximum absolute atomic E-state index is 13.8. The normalized spacial score (nSPS) is 14.1. The predicted octanol–water partition coefficient (Wildman–Crippen LogP) is 5.39. The minimum absolute atomic E-state index is 0.0529. The van der Waals surface area contributed by atoms with Crippen molar-refractivity contribution in [2.45, 2.75) is 51.2 Å². The van der Waals surface area contributed by atoms with E-state index in [-0.39, 0.29) is 23.9 Å². The molecule has 3 aromatic carbocycles. The molecular weight excluding hydrogens is 526 g/mol. The van der Waals surface area contributed by atoms with Gasteiger partial charge in [0, 0.05) is 30.2 Å². The standard InChI is InChI=1S/C31H31N3O5S/c1-5-39-29(35)16-27(33-18-23-9-8-22(17-32)15-24(23)19-33)30-26-12-13-34(31(26)21(3)14-28(30)38-4)40(36,37)25-10-6-20(2)7-11-25/h6-15,27H,5,16,18-19H2,1-4H3. The van der Waals surface area contributed by atoms with Crippen molar-refractivity contribution in [3.8, 4) is 11.8 Å². The van der Waals surface area contributed by atoms with Gasteiger partial charge in [0.1, 0.15) is 5.75 Å². The quantitative estimate of drug-likeness (QED) is 0.268. The lowest BCUT2D eigenvalue weighted by atomic mass is 9.95. The molecule has 0 spiro atoms. The van der Waals surface area contributed by atoms with Crippen LogP contribution in [0, 0.1) is 25.2 Å². The fraction of sp³-hybridized carbons (Fsp3) is 0.290. The molecule has 0 bridgehead atoms. The van der Waals surface area contributed by atoms with Gasteiger partial charge in [-0.05, 0) is 73.9 Å². The van der Waals surface area contributed by atoms with Crippen LogP contribution in [-0.4, -0.2) is 37.0 Å². The highest BCUT2D eigenvalue weighted by molar-refractivity contribution is 7.90. The van der Waals surface area contributed by atoms with E-state index in [0.717, 1.165) is 27.8 Å². The number of hydrogen-bond acceptors (Lipinski definition) is 7. The van der Waals surface area contributed by atoms with Gasteiger partial charge in [0.05, 0.1) is 48.2 Å². The van der Waals surface area contributed by atoms with Crippen molar-refractivity contribution >= 4 is 26.9 Å². The molecule has 4 aromatic rings. The number of carbonyl (C=O) groups excluding carboxylic acids is 1. The molecule has 8 nitrogen and oxygen atoms in total. The summed E-state index contributed by atoms with van der Waals surface area (Å²) >= 11 is 0. The number of hydrogen-bond donors (Lipinski definition) is 0. The van der Waals surface area contributed by atoms with Gasteiger partial charge < -0.3 is 9.47 Å². The molecule has 206 valence electrons. The fourth-order valence-corrected chi connectivity index (χ4v) is 6.94.